The van der Waals surface area contributed by atoms with Crippen LogP contribution in [0.2, 0.25) is 0 Å². The zero-order valence-electron chi connectivity index (χ0n) is 9.87. The van der Waals surface area contributed by atoms with Crippen LogP contribution < -0.4 is 10.6 Å². The number of nitrogens with zero attached hydrogens (tertiary/aromatic N) is 2. The lowest BCUT2D eigenvalue weighted by Gasteiger charge is -2.18. The monoisotopic (exact) mass is 263 g/mol. The Morgan fingerprint density at radius 3 is 2.83 bits per heavy atom. The van der Waals surface area contributed by atoms with Crippen LogP contribution in [0.4, 0.5) is 17.1 Å². The third-order valence-corrected chi connectivity index (χ3v) is 3.41. The molecule has 0 radical (unpaired) electrons. The van der Waals surface area contributed by atoms with E-state index in [-0.39, 0.29) is 5.69 Å². The molecular weight excluding hydrogens is 250 g/mol. The fraction of sp³-hybridized carbons (Fsp3) is 0.167. The molecule has 2 aromatic rings. The number of non-ortho nitro benzene ring substituents is 1. The van der Waals surface area contributed by atoms with Crippen LogP contribution in [0.25, 0.3) is 0 Å². The Labute approximate surface area is 109 Å². The van der Waals surface area contributed by atoms with Crippen molar-refractivity contribution in [2.75, 3.05) is 17.7 Å². The minimum absolute atomic E-state index is 0.0167. The van der Waals surface area contributed by atoms with Gasteiger partial charge in [0.25, 0.3) is 5.69 Å². The number of nitrogen functional groups attached to an aromatic ring is 1. The average molecular weight is 263 g/mol. The Morgan fingerprint density at radius 2 is 2.22 bits per heavy atom. The van der Waals surface area contributed by atoms with Crippen LogP contribution in [0.3, 0.4) is 0 Å². The molecule has 0 aliphatic heterocycles. The van der Waals surface area contributed by atoms with Gasteiger partial charge in [0.1, 0.15) is 0 Å². The summed E-state index contributed by atoms with van der Waals surface area (Å²) in [4.78, 5) is 13.5. The number of anilines is 2. The molecule has 1 aromatic heterocycles. The van der Waals surface area contributed by atoms with Crippen molar-refractivity contribution in [3.63, 3.8) is 0 Å². The molecule has 2 rings (SSSR count). The molecule has 1 aromatic carbocycles. The van der Waals surface area contributed by atoms with Gasteiger partial charge in [0.05, 0.1) is 11.5 Å². The summed E-state index contributed by atoms with van der Waals surface area (Å²) in [7, 11) is 1.89. The zero-order chi connectivity index (χ0) is 13.1. The fourth-order valence-electron chi connectivity index (χ4n) is 1.67. The predicted octanol–water partition coefficient (Wildman–Crippen LogP) is 2.87. The molecule has 0 unspecified atom stereocenters. The fourth-order valence-corrected chi connectivity index (χ4v) is 2.43. The van der Waals surface area contributed by atoms with E-state index in [0.717, 1.165) is 5.69 Å². The molecule has 2 N–H and O–H groups in total. The van der Waals surface area contributed by atoms with E-state index in [0.29, 0.717) is 12.2 Å². The number of thiophene rings is 1. The van der Waals surface area contributed by atoms with Gasteiger partial charge < -0.3 is 10.6 Å². The molecule has 0 aliphatic rings. The number of rotatable bonds is 4. The van der Waals surface area contributed by atoms with E-state index >= 15 is 0 Å². The Balaban J connectivity index is 2.24. The van der Waals surface area contributed by atoms with Gasteiger partial charge in [0.2, 0.25) is 0 Å². The van der Waals surface area contributed by atoms with Crippen LogP contribution >= 0.6 is 11.3 Å². The quantitative estimate of drug-likeness (QED) is 0.523. The van der Waals surface area contributed by atoms with Gasteiger partial charge in [-0.25, -0.2) is 0 Å². The van der Waals surface area contributed by atoms with Gasteiger partial charge in [-0.15, -0.1) is 11.3 Å². The van der Waals surface area contributed by atoms with E-state index in [1.54, 1.807) is 17.4 Å². The molecule has 0 spiro atoms. The summed E-state index contributed by atoms with van der Waals surface area (Å²) in [6, 6.07) is 8.64. The standard InChI is InChI=1S/C12H13N3O2S/c1-14(8-12-3-2-4-18-12)10-5-9(13)6-11(7-10)15(16)17/h2-7H,8,13H2,1H3. The second-order valence-corrected chi connectivity index (χ2v) is 5.01. The summed E-state index contributed by atoms with van der Waals surface area (Å²) in [5.74, 6) is 0. The summed E-state index contributed by atoms with van der Waals surface area (Å²) in [6.07, 6.45) is 0. The van der Waals surface area contributed by atoms with Crippen LogP contribution in [0.5, 0.6) is 0 Å². The maximum Gasteiger partial charge on any atom is 0.273 e. The van der Waals surface area contributed by atoms with Gasteiger partial charge in [0, 0.05) is 35.4 Å². The van der Waals surface area contributed by atoms with Crippen molar-refractivity contribution in [3.05, 3.63) is 50.7 Å². The Morgan fingerprint density at radius 1 is 1.44 bits per heavy atom. The maximum atomic E-state index is 10.8. The van der Waals surface area contributed by atoms with E-state index < -0.39 is 4.92 Å². The topological polar surface area (TPSA) is 72.4 Å². The lowest BCUT2D eigenvalue weighted by atomic mass is 10.2. The first kappa shape index (κ1) is 12.4. The number of nitro groups is 1. The Bertz CT molecular complexity index is 554. The first-order chi connectivity index (χ1) is 8.56. The summed E-state index contributed by atoms with van der Waals surface area (Å²) in [6.45, 7) is 0.707. The zero-order valence-corrected chi connectivity index (χ0v) is 10.7. The highest BCUT2D eigenvalue weighted by Gasteiger charge is 2.11. The number of benzene rings is 1. The summed E-state index contributed by atoms with van der Waals surface area (Å²) < 4.78 is 0. The second-order valence-electron chi connectivity index (χ2n) is 3.98. The Kier molecular flexibility index (Phi) is 3.47. The van der Waals surface area contributed by atoms with Crippen LogP contribution in [0.15, 0.2) is 35.7 Å². The van der Waals surface area contributed by atoms with Crippen molar-refractivity contribution >= 4 is 28.4 Å². The molecule has 6 heteroatoms. The maximum absolute atomic E-state index is 10.8. The van der Waals surface area contributed by atoms with Gasteiger partial charge in [0.15, 0.2) is 0 Å². The lowest BCUT2D eigenvalue weighted by Crippen LogP contribution is -2.15. The van der Waals surface area contributed by atoms with E-state index in [4.69, 9.17) is 5.73 Å². The highest BCUT2D eigenvalue weighted by atomic mass is 32.1. The molecule has 94 valence electrons. The third-order valence-electron chi connectivity index (χ3n) is 2.55. The minimum Gasteiger partial charge on any atom is -0.398 e. The van der Waals surface area contributed by atoms with Crippen molar-refractivity contribution in [1.82, 2.24) is 0 Å². The molecule has 0 bridgehead atoms. The number of hydrogen-bond acceptors (Lipinski definition) is 5. The second kappa shape index (κ2) is 5.05. The SMILES string of the molecule is CN(Cc1cccs1)c1cc(N)cc([N+](=O)[O-])c1. The largest absolute Gasteiger partial charge is 0.398 e. The van der Waals surface area contributed by atoms with Crippen molar-refractivity contribution in [2.45, 2.75) is 6.54 Å². The summed E-state index contributed by atoms with van der Waals surface area (Å²) >= 11 is 1.65. The average Bonchev–Trinajstić information content (AvgIpc) is 2.80. The molecule has 0 amide bonds. The number of hydrogen-bond donors (Lipinski definition) is 1. The van der Waals surface area contributed by atoms with Crippen LogP contribution in [-0.4, -0.2) is 12.0 Å². The first-order valence-corrected chi connectivity index (χ1v) is 6.22. The molecule has 18 heavy (non-hydrogen) atoms. The smallest absolute Gasteiger partial charge is 0.273 e. The van der Waals surface area contributed by atoms with Crippen molar-refractivity contribution < 1.29 is 4.92 Å². The number of nitro benzene ring substituents is 1. The van der Waals surface area contributed by atoms with Crippen molar-refractivity contribution in [3.8, 4) is 0 Å². The predicted molar refractivity (Wildman–Crippen MR) is 73.9 cm³/mol. The highest BCUT2D eigenvalue weighted by Crippen LogP contribution is 2.26. The number of nitrogens with two attached hydrogens (primary N) is 1. The highest BCUT2D eigenvalue weighted by molar-refractivity contribution is 7.09. The molecule has 0 atom stereocenters. The lowest BCUT2D eigenvalue weighted by molar-refractivity contribution is -0.384. The van der Waals surface area contributed by atoms with Gasteiger partial charge in [-0.3, -0.25) is 10.1 Å². The van der Waals surface area contributed by atoms with E-state index in [2.05, 4.69) is 0 Å². The van der Waals surface area contributed by atoms with Crippen LogP contribution in [-0.2, 0) is 6.54 Å². The molecule has 5 nitrogen and oxygen atoms in total. The first-order valence-electron chi connectivity index (χ1n) is 5.35. The molecular formula is C12H13N3O2S. The van der Waals surface area contributed by atoms with E-state index in [9.17, 15) is 10.1 Å². The molecule has 1 heterocycles. The molecule has 0 fully saturated rings. The van der Waals surface area contributed by atoms with Gasteiger partial charge >= 0.3 is 0 Å². The normalized spacial score (nSPS) is 10.3. The molecule has 0 saturated heterocycles. The van der Waals surface area contributed by atoms with E-state index in [1.807, 2.05) is 29.5 Å². The minimum atomic E-state index is -0.432. The van der Waals surface area contributed by atoms with E-state index in [1.165, 1.54) is 17.0 Å². The van der Waals surface area contributed by atoms with Crippen molar-refractivity contribution in [2.24, 2.45) is 0 Å². The molecule has 0 saturated carbocycles. The Hall–Kier alpha value is -2.08. The third kappa shape index (κ3) is 2.78. The molecule has 0 aliphatic carbocycles. The summed E-state index contributed by atoms with van der Waals surface area (Å²) in [5, 5.41) is 12.8. The van der Waals surface area contributed by atoms with Gasteiger partial charge in [-0.05, 0) is 17.5 Å². The van der Waals surface area contributed by atoms with Crippen LogP contribution in [0, 0.1) is 10.1 Å². The van der Waals surface area contributed by atoms with Crippen molar-refractivity contribution in [1.29, 1.82) is 0 Å². The van der Waals surface area contributed by atoms with Gasteiger partial charge in [-0.2, -0.15) is 0 Å². The summed E-state index contributed by atoms with van der Waals surface area (Å²) in [5.41, 5.74) is 6.84. The van der Waals surface area contributed by atoms with Gasteiger partial charge in [-0.1, -0.05) is 6.07 Å². The van der Waals surface area contributed by atoms with Crippen LogP contribution in [0.1, 0.15) is 4.88 Å².